The van der Waals surface area contributed by atoms with Crippen LogP contribution in [-0.4, -0.2) is 69.1 Å². The lowest BCUT2D eigenvalue weighted by Gasteiger charge is -2.41. The molecular formula is C32H42N2O5S. The summed E-state index contributed by atoms with van der Waals surface area (Å²) in [5.74, 6) is -2.35. The van der Waals surface area contributed by atoms with E-state index in [1.807, 2.05) is 65.0 Å². The number of carbonyl (C=O) groups excluding carboxylic acids is 3. The highest BCUT2D eigenvalue weighted by Crippen LogP contribution is 2.65. The van der Waals surface area contributed by atoms with Crippen LogP contribution in [0.4, 0.5) is 5.69 Å². The minimum Gasteiger partial charge on any atom is -0.465 e. The molecule has 4 heterocycles. The number of aryl methyl sites for hydroxylation is 2. The van der Waals surface area contributed by atoms with E-state index in [2.05, 4.69) is 12.2 Å². The number of anilines is 1. The Morgan fingerprint density at radius 3 is 2.60 bits per heavy atom. The normalized spacial score (nSPS) is 34.5. The van der Waals surface area contributed by atoms with Gasteiger partial charge in [0.15, 0.2) is 0 Å². The van der Waals surface area contributed by atoms with Gasteiger partial charge in [-0.3, -0.25) is 14.4 Å². The molecule has 0 saturated carbocycles. The third kappa shape index (κ3) is 4.51. The zero-order valence-electron chi connectivity index (χ0n) is 24.3. The molecule has 0 bridgehead atoms. The van der Waals surface area contributed by atoms with Gasteiger partial charge < -0.3 is 19.6 Å². The molecule has 4 aliphatic heterocycles. The third-order valence-electron chi connectivity index (χ3n) is 9.44. The average Bonchev–Trinajstić information content (AvgIpc) is 3.25. The predicted molar refractivity (Wildman–Crippen MR) is 158 cm³/mol. The van der Waals surface area contributed by atoms with E-state index in [1.165, 1.54) is 0 Å². The van der Waals surface area contributed by atoms with Gasteiger partial charge in [0.25, 0.3) is 5.91 Å². The number of fused-ring (bicyclic) bond motifs is 2. The van der Waals surface area contributed by atoms with Crippen molar-refractivity contribution in [3.8, 4) is 0 Å². The van der Waals surface area contributed by atoms with Crippen LogP contribution in [0.2, 0.25) is 0 Å². The van der Waals surface area contributed by atoms with Crippen molar-refractivity contribution in [1.82, 2.24) is 4.90 Å². The van der Waals surface area contributed by atoms with Crippen LogP contribution in [0, 0.1) is 31.6 Å². The SMILES string of the molecule is CC[C@H](C)[C@H](CO)N1C(=O)[C@@H]2[C@@H]3C(=O)OCCCC/C=C\[C@]3(C)S[C@@]23C=CCN(c2cc(C)ccc2C)C(=O)C13. The van der Waals surface area contributed by atoms with E-state index in [9.17, 15) is 19.5 Å². The first-order valence-corrected chi connectivity index (χ1v) is 15.4. The van der Waals surface area contributed by atoms with Crippen molar-refractivity contribution in [3.63, 3.8) is 0 Å². The second-order valence-corrected chi connectivity index (χ2v) is 13.9. The Balaban J connectivity index is 1.70. The summed E-state index contributed by atoms with van der Waals surface area (Å²) in [6, 6.07) is 4.64. The summed E-state index contributed by atoms with van der Waals surface area (Å²) >= 11 is 1.55. The molecule has 2 amide bonds. The maximum absolute atomic E-state index is 14.8. The highest BCUT2D eigenvalue weighted by atomic mass is 32.2. The maximum Gasteiger partial charge on any atom is 0.311 e. The topological polar surface area (TPSA) is 87.2 Å². The number of aliphatic hydroxyl groups is 1. The molecule has 2 fully saturated rings. The first kappa shape index (κ1) is 28.9. The lowest BCUT2D eigenvalue weighted by atomic mass is 9.74. The van der Waals surface area contributed by atoms with Crippen LogP contribution >= 0.6 is 11.8 Å². The van der Waals surface area contributed by atoms with Gasteiger partial charge in [0.05, 0.1) is 35.8 Å². The molecule has 0 aromatic heterocycles. The molecule has 1 aromatic rings. The minimum absolute atomic E-state index is 0.0358. The molecule has 1 aromatic carbocycles. The van der Waals surface area contributed by atoms with E-state index < -0.39 is 33.4 Å². The third-order valence-corrected chi connectivity index (χ3v) is 11.2. The molecule has 7 atom stereocenters. The number of thioether (sulfide) groups is 1. The van der Waals surface area contributed by atoms with Crippen molar-refractivity contribution in [3.05, 3.63) is 53.6 Å². The van der Waals surface area contributed by atoms with E-state index in [1.54, 1.807) is 21.6 Å². The van der Waals surface area contributed by atoms with Gasteiger partial charge in [0.1, 0.15) is 6.04 Å². The molecule has 216 valence electrons. The Bertz CT molecular complexity index is 1250. The van der Waals surface area contributed by atoms with Crippen LogP contribution in [0.15, 0.2) is 42.5 Å². The largest absolute Gasteiger partial charge is 0.465 e. The maximum atomic E-state index is 14.8. The van der Waals surface area contributed by atoms with E-state index in [4.69, 9.17) is 4.74 Å². The summed E-state index contributed by atoms with van der Waals surface area (Å²) in [5.41, 5.74) is 2.84. The summed E-state index contributed by atoms with van der Waals surface area (Å²) < 4.78 is 4.08. The number of aliphatic hydroxyl groups excluding tert-OH is 1. The number of carbonyl (C=O) groups is 3. The van der Waals surface area contributed by atoms with E-state index in [0.29, 0.717) is 13.2 Å². The standard InChI is InChI=1S/C32H42N2O5S/c1-6-21(3)24(19-35)34-27-29(37)33(23-18-20(2)12-13-22(23)4)16-11-15-32(27)25(28(34)36)26-30(38)39-17-10-8-7-9-14-31(26,5)40-32/h9,11-15,18,21,24-27,35H,6-8,10,16-17,19H2,1-5H3/b14-9-/t21-,24-,25-,26+,27?,31-,32-/m0/s1. The monoisotopic (exact) mass is 566 g/mol. The van der Waals surface area contributed by atoms with Crippen molar-refractivity contribution in [2.75, 3.05) is 24.7 Å². The number of allylic oxidation sites excluding steroid dienone is 1. The smallest absolute Gasteiger partial charge is 0.311 e. The van der Waals surface area contributed by atoms with Crippen LogP contribution in [0.25, 0.3) is 0 Å². The summed E-state index contributed by atoms with van der Waals surface area (Å²) in [6.07, 6.45) is 11.5. The van der Waals surface area contributed by atoms with Crippen molar-refractivity contribution in [2.45, 2.75) is 81.9 Å². The molecule has 8 heteroatoms. The van der Waals surface area contributed by atoms with Gasteiger partial charge >= 0.3 is 5.97 Å². The van der Waals surface area contributed by atoms with Crippen LogP contribution in [0.1, 0.15) is 57.6 Å². The number of ether oxygens (including phenoxy) is 1. The number of benzene rings is 1. The number of likely N-dealkylation sites (tertiary alicyclic amines) is 1. The molecule has 2 saturated heterocycles. The molecule has 7 nitrogen and oxygen atoms in total. The number of rotatable bonds is 5. The van der Waals surface area contributed by atoms with Gasteiger partial charge in [-0.1, -0.05) is 56.7 Å². The summed E-state index contributed by atoms with van der Waals surface area (Å²) in [7, 11) is 0. The Kier molecular flexibility index (Phi) is 7.96. The summed E-state index contributed by atoms with van der Waals surface area (Å²) in [5, 5.41) is 10.6. The van der Waals surface area contributed by atoms with Gasteiger partial charge in [-0.2, -0.15) is 0 Å². The first-order chi connectivity index (χ1) is 19.1. The predicted octanol–water partition coefficient (Wildman–Crippen LogP) is 4.58. The molecule has 4 aliphatic rings. The van der Waals surface area contributed by atoms with Crippen LogP contribution in [-0.2, 0) is 19.1 Å². The highest BCUT2D eigenvalue weighted by molar-refractivity contribution is 8.02. The van der Waals surface area contributed by atoms with Gasteiger partial charge in [0, 0.05) is 17.0 Å². The molecule has 1 N–H and O–H groups in total. The Labute approximate surface area is 242 Å². The van der Waals surface area contributed by atoms with Gasteiger partial charge in [0.2, 0.25) is 5.91 Å². The average molecular weight is 567 g/mol. The number of hydrogen-bond donors (Lipinski definition) is 1. The molecule has 40 heavy (non-hydrogen) atoms. The van der Waals surface area contributed by atoms with Gasteiger partial charge in [-0.15, -0.1) is 11.8 Å². The fourth-order valence-corrected chi connectivity index (χ4v) is 9.27. The second-order valence-electron chi connectivity index (χ2n) is 12.1. The van der Waals surface area contributed by atoms with Crippen LogP contribution in [0.3, 0.4) is 0 Å². The Hall–Kier alpha value is -2.58. The zero-order chi connectivity index (χ0) is 28.8. The van der Waals surface area contributed by atoms with Gasteiger partial charge in [-0.25, -0.2) is 0 Å². The van der Waals surface area contributed by atoms with E-state index in [0.717, 1.165) is 42.5 Å². The quantitative estimate of drug-likeness (QED) is 0.415. The molecule has 0 aliphatic carbocycles. The molecule has 1 unspecified atom stereocenters. The van der Waals surface area contributed by atoms with Crippen LogP contribution in [0.5, 0.6) is 0 Å². The van der Waals surface area contributed by atoms with Crippen molar-refractivity contribution < 1.29 is 24.2 Å². The molecule has 5 rings (SSSR count). The summed E-state index contributed by atoms with van der Waals surface area (Å²) in [4.78, 5) is 46.6. The van der Waals surface area contributed by atoms with Crippen molar-refractivity contribution >= 4 is 35.2 Å². The Morgan fingerprint density at radius 1 is 1.10 bits per heavy atom. The molecular weight excluding hydrogens is 524 g/mol. The second kappa shape index (κ2) is 11.0. The number of amides is 2. The molecule has 1 spiro atoms. The number of hydrogen-bond acceptors (Lipinski definition) is 6. The number of cyclic esters (lactones) is 1. The van der Waals surface area contributed by atoms with Crippen LogP contribution < -0.4 is 4.90 Å². The fourth-order valence-electron chi connectivity index (χ4n) is 7.13. The Morgan fingerprint density at radius 2 is 1.88 bits per heavy atom. The number of nitrogens with zero attached hydrogens (tertiary/aromatic N) is 2. The molecule has 0 radical (unpaired) electrons. The lowest BCUT2D eigenvalue weighted by Crippen LogP contribution is -2.58. The fraction of sp³-hybridized carbons (Fsp3) is 0.594. The van der Waals surface area contributed by atoms with Crippen molar-refractivity contribution in [1.29, 1.82) is 0 Å². The highest BCUT2D eigenvalue weighted by Gasteiger charge is 2.74. The number of esters is 1. The zero-order valence-corrected chi connectivity index (χ0v) is 25.1. The van der Waals surface area contributed by atoms with E-state index >= 15 is 0 Å². The van der Waals surface area contributed by atoms with Gasteiger partial charge in [-0.05, 0) is 63.1 Å². The van der Waals surface area contributed by atoms with E-state index in [-0.39, 0.29) is 30.3 Å². The first-order valence-electron chi connectivity index (χ1n) is 14.6. The summed E-state index contributed by atoms with van der Waals surface area (Å²) in [6.45, 7) is 10.5. The van der Waals surface area contributed by atoms with Crippen molar-refractivity contribution in [2.24, 2.45) is 17.8 Å². The minimum atomic E-state index is -0.974. The lowest BCUT2D eigenvalue weighted by molar-refractivity contribution is -0.155.